The Morgan fingerprint density at radius 1 is 0.667 bits per heavy atom. The molecule has 0 heterocycles. The zero-order chi connectivity index (χ0) is 10.3. The van der Waals surface area contributed by atoms with E-state index >= 15 is 0 Å². The van der Waals surface area contributed by atoms with Crippen molar-refractivity contribution >= 4 is 43.5 Å². The maximum absolute atomic E-state index is 2.20. The summed E-state index contributed by atoms with van der Waals surface area (Å²) in [5.74, 6) is 0. The van der Waals surface area contributed by atoms with Gasteiger partial charge in [0.15, 0.2) is 0 Å². The number of rotatable bonds is 0. The van der Waals surface area contributed by atoms with E-state index in [4.69, 9.17) is 0 Å². The van der Waals surface area contributed by atoms with E-state index in [0.29, 0.717) is 0 Å². The molecule has 0 aliphatic heterocycles. The first-order valence-corrected chi connectivity index (χ1v) is 5.23. The van der Waals surface area contributed by atoms with Gasteiger partial charge in [0.1, 0.15) is 0 Å². The second-order valence-corrected chi connectivity index (χ2v) is 3.96. The van der Waals surface area contributed by atoms with Crippen LogP contribution in [-0.2, 0) is 0 Å². The average molecular weight is 184 g/mol. The van der Waals surface area contributed by atoms with Gasteiger partial charge in [-0.25, -0.2) is 0 Å². The third-order valence-corrected chi connectivity index (χ3v) is 2.98. The van der Waals surface area contributed by atoms with E-state index in [1.165, 1.54) is 25.8 Å². The van der Waals surface area contributed by atoms with Gasteiger partial charge in [-0.05, 0) is 0 Å². The molecular formula is C14H9Li. The van der Waals surface area contributed by atoms with Crippen molar-refractivity contribution in [2.45, 2.75) is 0 Å². The summed E-state index contributed by atoms with van der Waals surface area (Å²) >= 11 is 2.18. The molecule has 0 fully saturated rings. The number of hydrogen-bond acceptors (Lipinski definition) is 0. The van der Waals surface area contributed by atoms with Crippen molar-refractivity contribution in [1.82, 2.24) is 0 Å². The molecule has 0 bridgehead atoms. The van der Waals surface area contributed by atoms with E-state index in [1.807, 2.05) is 0 Å². The molecule has 0 N–H and O–H groups in total. The van der Waals surface area contributed by atoms with Crippen LogP contribution in [0.4, 0.5) is 0 Å². The van der Waals surface area contributed by atoms with Crippen molar-refractivity contribution in [3.8, 4) is 0 Å². The molecule has 0 unspecified atom stereocenters. The molecule has 0 nitrogen and oxygen atoms in total. The van der Waals surface area contributed by atoms with Crippen LogP contribution in [0.1, 0.15) is 0 Å². The molecule has 0 atom stereocenters. The van der Waals surface area contributed by atoms with Gasteiger partial charge in [0, 0.05) is 0 Å². The molecule has 3 aromatic carbocycles. The van der Waals surface area contributed by atoms with Crippen LogP contribution < -0.4 is 4.24 Å². The first-order chi connectivity index (χ1) is 7.36. The van der Waals surface area contributed by atoms with Crippen molar-refractivity contribution in [3.63, 3.8) is 0 Å². The predicted molar refractivity (Wildman–Crippen MR) is 66.8 cm³/mol. The van der Waals surface area contributed by atoms with E-state index in [1.54, 1.807) is 0 Å². The van der Waals surface area contributed by atoms with Crippen LogP contribution in [0.25, 0.3) is 21.5 Å². The molecule has 0 aliphatic carbocycles. The molecule has 0 saturated heterocycles. The Labute approximate surface area is 98.1 Å². The normalized spacial score (nSPS) is 11.1. The minimum atomic E-state index is 1.32. The van der Waals surface area contributed by atoms with Gasteiger partial charge in [-0.2, -0.15) is 0 Å². The molecule has 15 heavy (non-hydrogen) atoms. The first-order valence-electron chi connectivity index (χ1n) is 5.23. The molecular weight excluding hydrogens is 175 g/mol. The van der Waals surface area contributed by atoms with Crippen LogP contribution in [0.5, 0.6) is 0 Å². The summed E-state index contributed by atoms with van der Waals surface area (Å²) in [7, 11) is 0. The van der Waals surface area contributed by atoms with E-state index in [0.717, 1.165) is 0 Å². The summed E-state index contributed by atoms with van der Waals surface area (Å²) in [6.45, 7) is 0. The second kappa shape index (κ2) is 3.42. The molecule has 3 aromatic rings. The van der Waals surface area contributed by atoms with Gasteiger partial charge >= 0.3 is 98.1 Å². The fourth-order valence-corrected chi connectivity index (χ4v) is 2.25. The summed E-state index contributed by atoms with van der Waals surface area (Å²) in [6, 6.07) is 19.4. The van der Waals surface area contributed by atoms with E-state index in [-0.39, 0.29) is 0 Å². The summed E-state index contributed by atoms with van der Waals surface area (Å²) in [5, 5.41) is 5.39. The maximum atomic E-state index is 2.20. The predicted octanol–water partition coefficient (Wildman–Crippen LogP) is 2.79. The topological polar surface area (TPSA) is 0 Å². The zero-order valence-electron chi connectivity index (χ0n) is 8.70. The Morgan fingerprint density at radius 2 is 1.40 bits per heavy atom. The van der Waals surface area contributed by atoms with Crippen LogP contribution >= 0.6 is 0 Å². The molecule has 0 radical (unpaired) electrons. The van der Waals surface area contributed by atoms with Crippen molar-refractivity contribution < 1.29 is 0 Å². The molecule has 0 saturated carbocycles. The Morgan fingerprint density at radius 3 is 2.33 bits per heavy atom. The van der Waals surface area contributed by atoms with Gasteiger partial charge in [0.25, 0.3) is 0 Å². The average Bonchev–Trinajstić information content (AvgIpc) is 2.29. The Bertz CT molecular complexity index is 641. The molecule has 0 spiro atoms. The van der Waals surface area contributed by atoms with Gasteiger partial charge in [-0.3, -0.25) is 0 Å². The van der Waals surface area contributed by atoms with E-state index in [9.17, 15) is 0 Å². The quantitative estimate of drug-likeness (QED) is 0.372. The van der Waals surface area contributed by atoms with Gasteiger partial charge in [0.2, 0.25) is 0 Å². The van der Waals surface area contributed by atoms with Gasteiger partial charge < -0.3 is 0 Å². The molecule has 0 aromatic heterocycles. The van der Waals surface area contributed by atoms with E-state index < -0.39 is 0 Å². The van der Waals surface area contributed by atoms with Gasteiger partial charge in [-0.15, -0.1) is 0 Å². The SMILES string of the molecule is [Li][c]1cccc2ccc3ccccc3c12. The van der Waals surface area contributed by atoms with Crippen LogP contribution in [0, 0.1) is 0 Å². The summed E-state index contributed by atoms with van der Waals surface area (Å²) in [5.41, 5.74) is 0. The summed E-state index contributed by atoms with van der Waals surface area (Å²) in [6.07, 6.45) is 0. The summed E-state index contributed by atoms with van der Waals surface area (Å²) in [4.78, 5) is 0. The Balaban J connectivity index is 2.64. The minimum absolute atomic E-state index is 1.32. The number of benzene rings is 3. The van der Waals surface area contributed by atoms with Crippen molar-refractivity contribution in [1.29, 1.82) is 0 Å². The van der Waals surface area contributed by atoms with Crippen LogP contribution in [0.2, 0.25) is 0 Å². The van der Waals surface area contributed by atoms with Crippen LogP contribution in [0.15, 0.2) is 54.6 Å². The zero-order valence-corrected chi connectivity index (χ0v) is 8.70. The third kappa shape index (κ3) is 1.38. The molecule has 0 amide bonds. The van der Waals surface area contributed by atoms with Gasteiger partial charge in [0.05, 0.1) is 0 Å². The molecule has 3 rings (SSSR count). The fourth-order valence-electron chi connectivity index (χ4n) is 2.25. The monoisotopic (exact) mass is 184 g/mol. The molecule has 1 heteroatoms. The van der Waals surface area contributed by atoms with Crippen molar-refractivity contribution in [3.05, 3.63) is 54.6 Å². The van der Waals surface area contributed by atoms with Crippen molar-refractivity contribution in [2.75, 3.05) is 0 Å². The van der Waals surface area contributed by atoms with Crippen LogP contribution in [0.3, 0.4) is 0 Å². The number of hydrogen-bond donors (Lipinski definition) is 0. The Hall–Kier alpha value is -1.22. The molecule has 0 aliphatic rings. The second-order valence-electron chi connectivity index (χ2n) is 3.96. The first kappa shape index (κ1) is 9.04. The fraction of sp³-hybridized carbons (Fsp3) is 0. The van der Waals surface area contributed by atoms with Crippen molar-refractivity contribution in [2.24, 2.45) is 0 Å². The molecule has 66 valence electrons. The Kier molecular flexibility index (Phi) is 2.06. The summed E-state index contributed by atoms with van der Waals surface area (Å²) < 4.78 is 1.35. The van der Waals surface area contributed by atoms with Gasteiger partial charge in [-0.1, -0.05) is 0 Å². The number of fused-ring (bicyclic) bond motifs is 3. The standard InChI is InChI=1S/C14H9.Li/c1-3-7-13-11(5-1)9-10-12-6-2-4-8-14(12)13;/h1-7,9-10H;. The van der Waals surface area contributed by atoms with E-state index in [2.05, 4.69) is 72.3 Å². The third-order valence-electron chi connectivity index (χ3n) is 2.98. The van der Waals surface area contributed by atoms with Crippen LogP contribution in [-0.4, -0.2) is 17.7 Å².